The molecule has 0 heterocycles. The molecule has 1 fully saturated rings. The van der Waals surface area contributed by atoms with Crippen LogP contribution in [0.4, 0.5) is 11.4 Å². The molecule has 0 aromatic heterocycles. The number of hydrogen-bond donors (Lipinski definition) is 3. The van der Waals surface area contributed by atoms with Gasteiger partial charge in [0.1, 0.15) is 0 Å². The van der Waals surface area contributed by atoms with Crippen molar-refractivity contribution in [2.24, 2.45) is 5.92 Å². The van der Waals surface area contributed by atoms with Gasteiger partial charge in [-0.05, 0) is 43.9 Å². The molecular formula is C16H22N2O3. The Morgan fingerprint density at radius 3 is 2.71 bits per heavy atom. The maximum atomic E-state index is 11.2. The van der Waals surface area contributed by atoms with Gasteiger partial charge in [-0.3, -0.25) is 9.59 Å². The Balaban J connectivity index is 2.05. The average molecular weight is 290 g/mol. The number of rotatable bonds is 4. The van der Waals surface area contributed by atoms with E-state index in [1.165, 1.54) is 6.92 Å². The van der Waals surface area contributed by atoms with Crippen LogP contribution in [0.15, 0.2) is 18.2 Å². The van der Waals surface area contributed by atoms with Crippen molar-refractivity contribution in [1.82, 2.24) is 0 Å². The van der Waals surface area contributed by atoms with E-state index in [0.717, 1.165) is 36.2 Å². The van der Waals surface area contributed by atoms with Gasteiger partial charge in [0, 0.05) is 24.3 Å². The SMILES string of the molecule is CC(=O)Nc1cc(NC2CCCC(C(=O)O)C2)ccc1C. The monoisotopic (exact) mass is 290 g/mol. The normalized spacial score (nSPS) is 21.6. The number of nitrogens with one attached hydrogen (secondary N) is 2. The topological polar surface area (TPSA) is 78.4 Å². The molecule has 1 aromatic carbocycles. The number of benzene rings is 1. The summed E-state index contributed by atoms with van der Waals surface area (Å²) in [6, 6.07) is 5.99. The quantitative estimate of drug-likeness (QED) is 0.796. The van der Waals surface area contributed by atoms with Crippen LogP contribution in [0.1, 0.15) is 38.2 Å². The van der Waals surface area contributed by atoms with Crippen molar-refractivity contribution < 1.29 is 14.7 Å². The number of carbonyl (C=O) groups is 2. The third-order valence-corrected chi connectivity index (χ3v) is 3.94. The lowest BCUT2D eigenvalue weighted by molar-refractivity contribution is -0.142. The minimum absolute atomic E-state index is 0.0983. The van der Waals surface area contributed by atoms with Crippen molar-refractivity contribution in [2.75, 3.05) is 10.6 Å². The highest BCUT2D eigenvalue weighted by Gasteiger charge is 2.26. The van der Waals surface area contributed by atoms with Crippen molar-refractivity contribution in [1.29, 1.82) is 0 Å². The smallest absolute Gasteiger partial charge is 0.306 e. The number of hydrogen-bond acceptors (Lipinski definition) is 3. The summed E-state index contributed by atoms with van der Waals surface area (Å²) in [6.07, 6.45) is 3.32. The molecule has 0 spiro atoms. The summed E-state index contributed by atoms with van der Waals surface area (Å²) in [5, 5.41) is 15.3. The molecule has 2 rings (SSSR count). The zero-order valence-corrected chi connectivity index (χ0v) is 12.5. The van der Waals surface area contributed by atoms with E-state index in [-0.39, 0.29) is 17.9 Å². The zero-order chi connectivity index (χ0) is 15.4. The van der Waals surface area contributed by atoms with Crippen LogP contribution in [0.5, 0.6) is 0 Å². The van der Waals surface area contributed by atoms with Gasteiger partial charge in [-0.1, -0.05) is 12.5 Å². The predicted octanol–water partition coefficient (Wildman–Crippen LogP) is 3.01. The van der Waals surface area contributed by atoms with Crippen LogP contribution in [0.25, 0.3) is 0 Å². The van der Waals surface area contributed by atoms with Gasteiger partial charge in [-0.15, -0.1) is 0 Å². The van der Waals surface area contributed by atoms with E-state index >= 15 is 0 Å². The van der Waals surface area contributed by atoms with Crippen molar-refractivity contribution in [3.8, 4) is 0 Å². The number of amides is 1. The molecule has 0 bridgehead atoms. The van der Waals surface area contributed by atoms with Gasteiger partial charge in [-0.25, -0.2) is 0 Å². The first-order chi connectivity index (χ1) is 9.95. The van der Waals surface area contributed by atoms with E-state index in [1.807, 2.05) is 25.1 Å². The highest BCUT2D eigenvalue weighted by Crippen LogP contribution is 2.28. The van der Waals surface area contributed by atoms with E-state index in [2.05, 4.69) is 10.6 Å². The van der Waals surface area contributed by atoms with Crippen molar-refractivity contribution >= 4 is 23.3 Å². The molecule has 0 radical (unpaired) electrons. The predicted molar refractivity (Wildman–Crippen MR) is 82.5 cm³/mol. The molecule has 21 heavy (non-hydrogen) atoms. The summed E-state index contributed by atoms with van der Waals surface area (Å²) < 4.78 is 0. The van der Waals surface area contributed by atoms with Crippen LogP contribution >= 0.6 is 0 Å². The standard InChI is InChI=1S/C16H22N2O3/c1-10-6-7-14(9-15(10)17-11(2)19)18-13-5-3-4-12(8-13)16(20)21/h6-7,9,12-13,18H,3-5,8H2,1-2H3,(H,17,19)(H,20,21). The number of carbonyl (C=O) groups excluding carboxylic acids is 1. The van der Waals surface area contributed by atoms with E-state index in [9.17, 15) is 9.59 Å². The Labute approximate surface area is 124 Å². The van der Waals surface area contributed by atoms with Crippen LogP contribution in [-0.2, 0) is 9.59 Å². The van der Waals surface area contributed by atoms with Gasteiger partial charge >= 0.3 is 5.97 Å². The summed E-state index contributed by atoms with van der Waals surface area (Å²) in [7, 11) is 0. The fourth-order valence-corrected chi connectivity index (χ4v) is 2.82. The lowest BCUT2D eigenvalue weighted by Gasteiger charge is -2.28. The Morgan fingerprint density at radius 2 is 2.05 bits per heavy atom. The van der Waals surface area contributed by atoms with Gasteiger partial charge in [0.15, 0.2) is 0 Å². The maximum absolute atomic E-state index is 11.2. The molecule has 1 aromatic rings. The first-order valence-electron chi connectivity index (χ1n) is 7.33. The van der Waals surface area contributed by atoms with Gasteiger partial charge < -0.3 is 15.7 Å². The molecule has 114 valence electrons. The van der Waals surface area contributed by atoms with E-state index in [4.69, 9.17) is 5.11 Å². The van der Waals surface area contributed by atoms with E-state index < -0.39 is 5.97 Å². The second-order valence-corrected chi connectivity index (χ2v) is 5.75. The minimum Gasteiger partial charge on any atom is -0.481 e. The molecule has 2 atom stereocenters. The molecule has 1 amide bonds. The lowest BCUT2D eigenvalue weighted by atomic mass is 9.85. The van der Waals surface area contributed by atoms with Crippen molar-refractivity contribution in [3.63, 3.8) is 0 Å². The summed E-state index contributed by atoms with van der Waals surface area (Å²) in [5.41, 5.74) is 2.71. The van der Waals surface area contributed by atoms with E-state index in [1.54, 1.807) is 0 Å². The summed E-state index contributed by atoms with van der Waals surface area (Å²) in [6.45, 7) is 3.42. The van der Waals surface area contributed by atoms with Crippen LogP contribution in [-0.4, -0.2) is 23.0 Å². The van der Waals surface area contributed by atoms with Crippen molar-refractivity contribution in [2.45, 2.75) is 45.6 Å². The van der Waals surface area contributed by atoms with Crippen LogP contribution in [0, 0.1) is 12.8 Å². The zero-order valence-electron chi connectivity index (χ0n) is 12.5. The number of carboxylic acid groups (broad SMARTS) is 1. The molecule has 0 saturated heterocycles. The molecule has 1 aliphatic carbocycles. The number of aliphatic carboxylic acids is 1. The van der Waals surface area contributed by atoms with Crippen LogP contribution < -0.4 is 10.6 Å². The molecule has 1 aliphatic rings. The van der Waals surface area contributed by atoms with Crippen LogP contribution in [0.2, 0.25) is 0 Å². The third-order valence-electron chi connectivity index (χ3n) is 3.94. The highest BCUT2D eigenvalue weighted by molar-refractivity contribution is 5.90. The van der Waals surface area contributed by atoms with Gasteiger partial charge in [0.2, 0.25) is 5.91 Å². The highest BCUT2D eigenvalue weighted by atomic mass is 16.4. The summed E-state index contributed by atoms with van der Waals surface area (Å²) >= 11 is 0. The fraction of sp³-hybridized carbons (Fsp3) is 0.500. The Morgan fingerprint density at radius 1 is 1.29 bits per heavy atom. The molecule has 3 N–H and O–H groups in total. The molecule has 0 aliphatic heterocycles. The van der Waals surface area contributed by atoms with Crippen LogP contribution in [0.3, 0.4) is 0 Å². The number of carboxylic acids is 1. The van der Waals surface area contributed by atoms with Gasteiger partial charge in [0.05, 0.1) is 5.92 Å². The summed E-state index contributed by atoms with van der Waals surface area (Å²) in [5.74, 6) is -1.06. The molecule has 1 saturated carbocycles. The number of anilines is 2. The second-order valence-electron chi connectivity index (χ2n) is 5.75. The van der Waals surface area contributed by atoms with E-state index in [0.29, 0.717) is 6.42 Å². The average Bonchev–Trinajstić information content (AvgIpc) is 2.42. The van der Waals surface area contributed by atoms with Gasteiger partial charge in [0.25, 0.3) is 0 Å². The summed E-state index contributed by atoms with van der Waals surface area (Å²) in [4.78, 5) is 22.3. The third kappa shape index (κ3) is 4.21. The lowest BCUT2D eigenvalue weighted by Crippen LogP contribution is -2.30. The maximum Gasteiger partial charge on any atom is 0.306 e. The number of aryl methyl sites for hydroxylation is 1. The first-order valence-corrected chi connectivity index (χ1v) is 7.33. The minimum atomic E-state index is -0.704. The Hall–Kier alpha value is -2.04. The second kappa shape index (κ2) is 6.61. The first kappa shape index (κ1) is 15.4. The largest absolute Gasteiger partial charge is 0.481 e. The van der Waals surface area contributed by atoms with Gasteiger partial charge in [-0.2, -0.15) is 0 Å². The molecular weight excluding hydrogens is 268 g/mol. The molecule has 5 heteroatoms. The van der Waals surface area contributed by atoms with Crippen molar-refractivity contribution in [3.05, 3.63) is 23.8 Å². The Kier molecular flexibility index (Phi) is 4.83. The molecule has 2 unspecified atom stereocenters. The fourth-order valence-electron chi connectivity index (χ4n) is 2.82. The molecule has 5 nitrogen and oxygen atoms in total. The Bertz CT molecular complexity index is 542.